The summed E-state index contributed by atoms with van der Waals surface area (Å²) in [4.78, 5) is 0. The number of nitrogens with one attached hydrogen (secondary N) is 1. The quantitative estimate of drug-likeness (QED) is 0.611. The van der Waals surface area contributed by atoms with Crippen LogP contribution >= 0.6 is 15.9 Å². The summed E-state index contributed by atoms with van der Waals surface area (Å²) in [5.74, 6) is 6.32. The van der Waals surface area contributed by atoms with Gasteiger partial charge in [-0.3, -0.25) is 11.3 Å². The van der Waals surface area contributed by atoms with Gasteiger partial charge in [0.05, 0.1) is 6.04 Å². The molecule has 112 valence electrons. The summed E-state index contributed by atoms with van der Waals surface area (Å²) in [6.45, 7) is 6.51. The van der Waals surface area contributed by atoms with E-state index in [1.165, 1.54) is 22.3 Å². The molecular weight excluding hydrogens is 324 g/mol. The second-order valence-corrected chi connectivity index (χ2v) is 6.68. The minimum Gasteiger partial charge on any atom is -0.271 e. The Morgan fingerprint density at radius 3 is 2.19 bits per heavy atom. The molecular formula is C18H23BrN2. The molecule has 3 heteroatoms. The molecule has 0 amide bonds. The minimum atomic E-state index is 0.117. The first kappa shape index (κ1) is 16.2. The second-order valence-electron chi connectivity index (χ2n) is 5.83. The Bertz CT molecular complexity index is 591. The van der Waals surface area contributed by atoms with Gasteiger partial charge in [0.25, 0.3) is 0 Å². The highest BCUT2D eigenvalue weighted by Crippen LogP contribution is 2.24. The highest BCUT2D eigenvalue weighted by Gasteiger charge is 2.12. The van der Waals surface area contributed by atoms with Crippen LogP contribution in [0.5, 0.6) is 0 Å². The van der Waals surface area contributed by atoms with E-state index >= 15 is 0 Å². The Hall–Kier alpha value is -1.16. The Kier molecular flexibility index (Phi) is 5.57. The van der Waals surface area contributed by atoms with E-state index < -0.39 is 0 Å². The van der Waals surface area contributed by atoms with Gasteiger partial charge >= 0.3 is 0 Å². The van der Waals surface area contributed by atoms with Crippen molar-refractivity contribution >= 4 is 15.9 Å². The molecule has 0 heterocycles. The highest BCUT2D eigenvalue weighted by molar-refractivity contribution is 9.10. The first-order valence-electron chi connectivity index (χ1n) is 7.32. The van der Waals surface area contributed by atoms with Crippen LogP contribution in [-0.2, 0) is 6.42 Å². The topological polar surface area (TPSA) is 38.0 Å². The standard InChI is InChI=1S/C18H23BrN2/c1-12(2)15-8-5-14(6-9-15)10-18(21-20)16-7-4-13(3)17(19)11-16/h4-9,11-12,18,21H,10,20H2,1-3H3. The second kappa shape index (κ2) is 7.21. The fourth-order valence-electron chi connectivity index (χ4n) is 2.37. The molecule has 0 spiro atoms. The summed E-state index contributed by atoms with van der Waals surface area (Å²) in [6.07, 6.45) is 0.879. The summed E-state index contributed by atoms with van der Waals surface area (Å²) >= 11 is 3.59. The van der Waals surface area contributed by atoms with E-state index in [-0.39, 0.29) is 6.04 Å². The lowest BCUT2D eigenvalue weighted by Gasteiger charge is -2.18. The molecule has 1 atom stereocenters. The van der Waals surface area contributed by atoms with Crippen molar-refractivity contribution in [2.45, 2.75) is 39.2 Å². The van der Waals surface area contributed by atoms with E-state index in [1.54, 1.807) is 0 Å². The van der Waals surface area contributed by atoms with Gasteiger partial charge in [-0.25, -0.2) is 0 Å². The summed E-state index contributed by atoms with van der Waals surface area (Å²) in [5, 5.41) is 0. The molecule has 0 aliphatic rings. The molecule has 0 radical (unpaired) electrons. The van der Waals surface area contributed by atoms with Crippen molar-refractivity contribution in [1.29, 1.82) is 0 Å². The van der Waals surface area contributed by atoms with Crippen LogP contribution in [-0.4, -0.2) is 0 Å². The Morgan fingerprint density at radius 2 is 1.67 bits per heavy atom. The first-order chi connectivity index (χ1) is 10.0. The van der Waals surface area contributed by atoms with Crippen LogP contribution in [0.4, 0.5) is 0 Å². The van der Waals surface area contributed by atoms with Crippen molar-refractivity contribution in [3.05, 3.63) is 69.2 Å². The number of halogens is 1. The van der Waals surface area contributed by atoms with E-state index in [1.807, 2.05) is 0 Å². The fraction of sp³-hybridized carbons (Fsp3) is 0.333. The molecule has 2 nitrogen and oxygen atoms in total. The molecule has 0 fully saturated rings. The molecule has 2 rings (SSSR count). The Labute approximate surface area is 135 Å². The van der Waals surface area contributed by atoms with Crippen molar-refractivity contribution in [2.24, 2.45) is 5.84 Å². The number of nitrogens with two attached hydrogens (primary N) is 1. The zero-order valence-electron chi connectivity index (χ0n) is 12.9. The third kappa shape index (κ3) is 4.16. The normalized spacial score (nSPS) is 12.7. The molecule has 2 aromatic rings. The lowest BCUT2D eigenvalue weighted by atomic mass is 9.96. The van der Waals surface area contributed by atoms with Gasteiger partial charge in [-0.05, 0) is 47.6 Å². The zero-order valence-corrected chi connectivity index (χ0v) is 14.4. The molecule has 1 unspecified atom stereocenters. The predicted octanol–water partition coefficient (Wildman–Crippen LogP) is 4.63. The van der Waals surface area contributed by atoms with Gasteiger partial charge in [-0.2, -0.15) is 0 Å². The average Bonchev–Trinajstić information content (AvgIpc) is 2.48. The molecule has 0 aromatic heterocycles. The van der Waals surface area contributed by atoms with Crippen LogP contribution in [0.2, 0.25) is 0 Å². The van der Waals surface area contributed by atoms with E-state index in [0.717, 1.165) is 10.9 Å². The van der Waals surface area contributed by atoms with Gasteiger partial charge in [0.2, 0.25) is 0 Å². The number of benzene rings is 2. The molecule has 21 heavy (non-hydrogen) atoms. The van der Waals surface area contributed by atoms with Gasteiger partial charge in [0, 0.05) is 4.47 Å². The van der Waals surface area contributed by atoms with Gasteiger partial charge in [-0.1, -0.05) is 66.2 Å². The van der Waals surface area contributed by atoms with Crippen molar-refractivity contribution in [3.63, 3.8) is 0 Å². The van der Waals surface area contributed by atoms with Gasteiger partial charge in [-0.15, -0.1) is 0 Å². The largest absolute Gasteiger partial charge is 0.271 e. The molecule has 0 bridgehead atoms. The molecule has 0 aliphatic heterocycles. The Balaban J connectivity index is 2.16. The number of aryl methyl sites for hydroxylation is 1. The van der Waals surface area contributed by atoms with Crippen LogP contribution in [0, 0.1) is 6.92 Å². The lowest BCUT2D eigenvalue weighted by Crippen LogP contribution is -2.29. The average molecular weight is 347 g/mol. The molecule has 0 saturated heterocycles. The molecule has 0 aliphatic carbocycles. The number of hydrogen-bond acceptors (Lipinski definition) is 2. The van der Waals surface area contributed by atoms with Crippen LogP contribution in [0.15, 0.2) is 46.9 Å². The smallest absolute Gasteiger partial charge is 0.0500 e. The van der Waals surface area contributed by atoms with Crippen molar-refractivity contribution in [3.8, 4) is 0 Å². The summed E-state index contributed by atoms with van der Waals surface area (Å²) in [5.41, 5.74) is 8.02. The molecule has 3 N–H and O–H groups in total. The molecule has 0 saturated carbocycles. The highest BCUT2D eigenvalue weighted by atomic mass is 79.9. The number of hydrazine groups is 1. The lowest BCUT2D eigenvalue weighted by molar-refractivity contribution is 0.551. The number of rotatable bonds is 5. The third-order valence-corrected chi connectivity index (χ3v) is 4.74. The van der Waals surface area contributed by atoms with Crippen LogP contribution in [0.3, 0.4) is 0 Å². The van der Waals surface area contributed by atoms with Crippen molar-refractivity contribution < 1.29 is 0 Å². The van der Waals surface area contributed by atoms with Gasteiger partial charge < -0.3 is 0 Å². The van der Waals surface area contributed by atoms with Crippen LogP contribution in [0.25, 0.3) is 0 Å². The van der Waals surface area contributed by atoms with Crippen molar-refractivity contribution in [2.75, 3.05) is 0 Å². The monoisotopic (exact) mass is 346 g/mol. The Morgan fingerprint density at radius 1 is 1.05 bits per heavy atom. The predicted molar refractivity (Wildman–Crippen MR) is 93.2 cm³/mol. The van der Waals surface area contributed by atoms with Crippen LogP contribution < -0.4 is 11.3 Å². The third-order valence-electron chi connectivity index (χ3n) is 3.89. The maximum Gasteiger partial charge on any atom is 0.0500 e. The van der Waals surface area contributed by atoms with Gasteiger partial charge in [0.15, 0.2) is 0 Å². The van der Waals surface area contributed by atoms with E-state index in [2.05, 4.69) is 84.6 Å². The maximum atomic E-state index is 5.75. The zero-order chi connectivity index (χ0) is 15.4. The van der Waals surface area contributed by atoms with E-state index in [4.69, 9.17) is 5.84 Å². The van der Waals surface area contributed by atoms with Gasteiger partial charge in [0.1, 0.15) is 0 Å². The van der Waals surface area contributed by atoms with E-state index in [0.29, 0.717) is 5.92 Å². The SMILES string of the molecule is Cc1ccc(C(Cc2ccc(C(C)C)cc2)NN)cc1Br. The van der Waals surface area contributed by atoms with E-state index in [9.17, 15) is 0 Å². The summed E-state index contributed by atoms with van der Waals surface area (Å²) < 4.78 is 1.12. The first-order valence-corrected chi connectivity index (χ1v) is 8.11. The number of hydrogen-bond donors (Lipinski definition) is 2. The maximum absolute atomic E-state index is 5.75. The minimum absolute atomic E-state index is 0.117. The van der Waals surface area contributed by atoms with Crippen molar-refractivity contribution in [1.82, 2.24) is 5.43 Å². The summed E-state index contributed by atoms with van der Waals surface area (Å²) in [7, 11) is 0. The summed E-state index contributed by atoms with van der Waals surface area (Å²) in [6, 6.07) is 15.3. The molecule has 2 aromatic carbocycles. The fourth-order valence-corrected chi connectivity index (χ4v) is 2.77. The van der Waals surface area contributed by atoms with Crippen LogP contribution in [0.1, 0.15) is 48.1 Å².